The highest BCUT2D eigenvalue weighted by molar-refractivity contribution is 5.91. The Kier molecular flexibility index (Phi) is 5.92. The fraction of sp³-hybridized carbons (Fsp3) is 0.786. The number of nitrogens with one attached hydrogen (secondary N) is 5. The summed E-state index contributed by atoms with van der Waals surface area (Å²) in [4.78, 5) is 12.1. The van der Waals surface area contributed by atoms with Crippen LogP contribution in [0, 0.1) is 0 Å². The largest absolute Gasteiger partial charge is 0.351 e. The van der Waals surface area contributed by atoms with E-state index in [1.807, 2.05) is 4.68 Å². The van der Waals surface area contributed by atoms with Crippen molar-refractivity contribution in [2.75, 3.05) is 6.54 Å². The van der Waals surface area contributed by atoms with Crippen LogP contribution in [0.4, 0.5) is 0 Å². The van der Waals surface area contributed by atoms with Gasteiger partial charge in [0.2, 0.25) is 0 Å². The first-order chi connectivity index (χ1) is 11.3. The number of rotatable bonds is 6. The molecule has 23 heavy (non-hydrogen) atoms. The molecule has 1 aromatic rings. The normalized spacial score (nSPS) is 20.5. The summed E-state index contributed by atoms with van der Waals surface area (Å²) in [6.45, 7) is 0.620. The molecular formula is C14H26N8O. The van der Waals surface area contributed by atoms with E-state index in [1.165, 1.54) is 25.7 Å². The Labute approximate surface area is 135 Å². The van der Waals surface area contributed by atoms with Gasteiger partial charge in [-0.1, -0.05) is 30.9 Å². The maximum absolute atomic E-state index is 12.1. The number of carbonyl (C=O) groups is 1. The van der Waals surface area contributed by atoms with E-state index in [9.17, 15) is 4.79 Å². The standard InChI is InChI=1S/C14H26N8O/c23-14(15-9-5-8-13-17-19-20-18-13)12-10-22(21-16-12)11-6-3-1-2-4-7-11/h10-11,13,17-20H,1-9H2,(H,15,23). The van der Waals surface area contributed by atoms with Gasteiger partial charge in [-0.15, -0.1) is 5.10 Å². The minimum atomic E-state index is -0.145. The van der Waals surface area contributed by atoms with E-state index in [0.717, 1.165) is 25.7 Å². The Bertz CT molecular complexity index is 491. The summed E-state index contributed by atoms with van der Waals surface area (Å²) in [5.41, 5.74) is 12.0. The minimum Gasteiger partial charge on any atom is -0.351 e. The van der Waals surface area contributed by atoms with Gasteiger partial charge in [-0.3, -0.25) is 4.79 Å². The lowest BCUT2D eigenvalue weighted by atomic mass is 10.1. The molecule has 2 heterocycles. The molecule has 0 atom stereocenters. The SMILES string of the molecule is O=C(NCCCC1NNNN1)c1cn(C2CCCCCC2)nn1. The Morgan fingerprint density at radius 2 is 1.96 bits per heavy atom. The molecule has 0 aromatic carbocycles. The molecule has 3 rings (SSSR count). The molecule has 2 aliphatic rings. The molecule has 9 heteroatoms. The molecule has 0 unspecified atom stereocenters. The summed E-state index contributed by atoms with van der Waals surface area (Å²) >= 11 is 0. The predicted octanol–water partition coefficient (Wildman–Crippen LogP) is 0.127. The number of aromatic nitrogens is 3. The topological polar surface area (TPSA) is 108 Å². The fourth-order valence-electron chi connectivity index (χ4n) is 3.11. The van der Waals surface area contributed by atoms with Gasteiger partial charge in [0.1, 0.15) is 0 Å². The molecule has 1 amide bonds. The van der Waals surface area contributed by atoms with E-state index < -0.39 is 0 Å². The average Bonchev–Trinajstić information content (AvgIpc) is 3.19. The van der Waals surface area contributed by atoms with Crippen molar-refractivity contribution in [1.82, 2.24) is 42.2 Å². The lowest BCUT2D eigenvalue weighted by Crippen LogP contribution is -2.35. The third-order valence-electron chi connectivity index (χ3n) is 4.45. The molecule has 1 aliphatic heterocycles. The van der Waals surface area contributed by atoms with Gasteiger partial charge < -0.3 is 5.32 Å². The van der Waals surface area contributed by atoms with E-state index in [4.69, 9.17) is 0 Å². The Balaban J connectivity index is 1.42. The van der Waals surface area contributed by atoms with Crippen molar-refractivity contribution in [1.29, 1.82) is 0 Å². The van der Waals surface area contributed by atoms with Crippen molar-refractivity contribution in [2.24, 2.45) is 0 Å². The van der Waals surface area contributed by atoms with Gasteiger partial charge in [0.15, 0.2) is 5.69 Å². The molecule has 0 bridgehead atoms. The van der Waals surface area contributed by atoms with Crippen molar-refractivity contribution in [3.63, 3.8) is 0 Å². The zero-order chi connectivity index (χ0) is 15.9. The molecule has 1 saturated carbocycles. The lowest BCUT2D eigenvalue weighted by Gasteiger charge is -2.12. The van der Waals surface area contributed by atoms with E-state index in [2.05, 4.69) is 37.6 Å². The van der Waals surface area contributed by atoms with Gasteiger partial charge in [0, 0.05) is 6.54 Å². The first-order valence-corrected chi connectivity index (χ1v) is 8.54. The van der Waals surface area contributed by atoms with Crippen LogP contribution in [0.1, 0.15) is 67.9 Å². The second kappa shape index (κ2) is 8.34. The Morgan fingerprint density at radius 3 is 2.70 bits per heavy atom. The van der Waals surface area contributed by atoms with E-state index in [0.29, 0.717) is 18.3 Å². The van der Waals surface area contributed by atoms with E-state index >= 15 is 0 Å². The average molecular weight is 322 g/mol. The summed E-state index contributed by atoms with van der Waals surface area (Å²) in [5.74, 6) is -0.145. The van der Waals surface area contributed by atoms with Crippen molar-refractivity contribution in [2.45, 2.75) is 63.6 Å². The molecule has 128 valence electrons. The maximum Gasteiger partial charge on any atom is 0.273 e. The Hall–Kier alpha value is -1.55. The number of amides is 1. The van der Waals surface area contributed by atoms with Crippen LogP contribution in [-0.2, 0) is 0 Å². The molecular weight excluding hydrogens is 296 g/mol. The van der Waals surface area contributed by atoms with Crippen LogP contribution < -0.4 is 27.2 Å². The van der Waals surface area contributed by atoms with Gasteiger partial charge in [0.05, 0.1) is 18.4 Å². The van der Waals surface area contributed by atoms with E-state index in [1.54, 1.807) is 6.20 Å². The highest BCUT2D eigenvalue weighted by atomic mass is 16.2. The molecule has 2 fully saturated rings. The summed E-state index contributed by atoms with van der Waals surface area (Å²) < 4.78 is 1.88. The van der Waals surface area contributed by atoms with E-state index in [-0.39, 0.29) is 12.1 Å². The summed E-state index contributed by atoms with van der Waals surface area (Å²) in [6.07, 6.45) is 11.1. The molecule has 1 aliphatic carbocycles. The van der Waals surface area contributed by atoms with Gasteiger partial charge in [-0.2, -0.15) is 11.1 Å². The van der Waals surface area contributed by atoms with Crippen LogP contribution in [0.25, 0.3) is 0 Å². The first-order valence-electron chi connectivity index (χ1n) is 8.54. The van der Waals surface area contributed by atoms with Crippen LogP contribution in [-0.4, -0.2) is 33.6 Å². The smallest absolute Gasteiger partial charge is 0.273 e. The van der Waals surface area contributed by atoms with Crippen LogP contribution in [0.15, 0.2) is 6.20 Å². The fourth-order valence-corrected chi connectivity index (χ4v) is 3.11. The second-order valence-corrected chi connectivity index (χ2v) is 6.22. The molecule has 1 aromatic heterocycles. The van der Waals surface area contributed by atoms with Crippen LogP contribution in [0.2, 0.25) is 0 Å². The highest BCUT2D eigenvalue weighted by Gasteiger charge is 2.18. The van der Waals surface area contributed by atoms with Gasteiger partial charge in [-0.05, 0) is 25.7 Å². The van der Waals surface area contributed by atoms with Gasteiger partial charge in [-0.25, -0.2) is 15.5 Å². The molecule has 9 nitrogen and oxygen atoms in total. The predicted molar refractivity (Wildman–Crippen MR) is 84.7 cm³/mol. The molecule has 5 N–H and O–H groups in total. The van der Waals surface area contributed by atoms with Crippen LogP contribution in [0.5, 0.6) is 0 Å². The Morgan fingerprint density at radius 1 is 1.22 bits per heavy atom. The summed E-state index contributed by atoms with van der Waals surface area (Å²) in [7, 11) is 0. The van der Waals surface area contributed by atoms with Crippen LogP contribution in [0.3, 0.4) is 0 Å². The quantitative estimate of drug-likeness (QED) is 0.374. The third kappa shape index (κ3) is 4.71. The van der Waals surface area contributed by atoms with Crippen molar-refractivity contribution in [3.05, 3.63) is 11.9 Å². The van der Waals surface area contributed by atoms with Crippen molar-refractivity contribution >= 4 is 5.91 Å². The first kappa shape index (κ1) is 16.3. The zero-order valence-electron chi connectivity index (χ0n) is 13.3. The molecule has 1 saturated heterocycles. The lowest BCUT2D eigenvalue weighted by molar-refractivity contribution is 0.0947. The molecule has 0 radical (unpaired) electrons. The summed E-state index contributed by atoms with van der Waals surface area (Å²) in [5, 5.41) is 11.1. The zero-order valence-corrected chi connectivity index (χ0v) is 13.3. The third-order valence-corrected chi connectivity index (χ3v) is 4.45. The number of nitrogens with zero attached hydrogens (tertiary/aromatic N) is 3. The number of hydrogen-bond donors (Lipinski definition) is 5. The minimum absolute atomic E-state index is 0.145. The van der Waals surface area contributed by atoms with Crippen molar-refractivity contribution < 1.29 is 4.79 Å². The highest BCUT2D eigenvalue weighted by Crippen LogP contribution is 2.26. The molecule has 0 spiro atoms. The van der Waals surface area contributed by atoms with Crippen LogP contribution >= 0.6 is 0 Å². The van der Waals surface area contributed by atoms with Gasteiger partial charge in [0.25, 0.3) is 5.91 Å². The monoisotopic (exact) mass is 322 g/mol. The number of hydrazine groups is 3. The summed E-state index contributed by atoms with van der Waals surface area (Å²) in [6, 6.07) is 0.395. The second-order valence-electron chi connectivity index (χ2n) is 6.22. The van der Waals surface area contributed by atoms with Crippen molar-refractivity contribution in [3.8, 4) is 0 Å². The maximum atomic E-state index is 12.1. The number of hydrogen-bond acceptors (Lipinski definition) is 7. The van der Waals surface area contributed by atoms with Gasteiger partial charge >= 0.3 is 0 Å². The number of carbonyl (C=O) groups excluding carboxylic acids is 1.